The first-order valence-electron chi connectivity index (χ1n) is 10.5. The number of anilines is 1. The molecule has 0 unspecified atom stereocenters. The van der Waals surface area contributed by atoms with Crippen LogP contribution in [0.1, 0.15) is 29.2 Å². The Morgan fingerprint density at radius 1 is 1.06 bits per heavy atom. The van der Waals surface area contributed by atoms with Crippen molar-refractivity contribution in [1.29, 1.82) is 0 Å². The highest BCUT2D eigenvalue weighted by molar-refractivity contribution is 5.99. The Labute approximate surface area is 195 Å². The molecular formula is C26H23F3N2O3. The Kier molecular flexibility index (Phi) is 8.21. The van der Waals surface area contributed by atoms with E-state index in [1.165, 1.54) is 30.5 Å². The van der Waals surface area contributed by atoms with E-state index in [0.717, 1.165) is 17.7 Å². The van der Waals surface area contributed by atoms with Crippen molar-refractivity contribution in [3.05, 3.63) is 107 Å². The van der Waals surface area contributed by atoms with Crippen molar-refractivity contribution in [3.63, 3.8) is 0 Å². The lowest BCUT2D eigenvalue weighted by Gasteiger charge is -2.12. The first-order valence-corrected chi connectivity index (χ1v) is 10.5. The number of halogens is 3. The van der Waals surface area contributed by atoms with Crippen LogP contribution in [0.4, 0.5) is 19.0 Å². The van der Waals surface area contributed by atoms with Gasteiger partial charge < -0.3 is 15.2 Å². The van der Waals surface area contributed by atoms with E-state index in [9.17, 15) is 23.1 Å². The largest absolute Gasteiger partial charge is 0.494 e. The average Bonchev–Trinajstić information content (AvgIpc) is 2.83. The van der Waals surface area contributed by atoms with Crippen LogP contribution in [0, 0.1) is 0 Å². The summed E-state index contributed by atoms with van der Waals surface area (Å²) in [5.41, 5.74) is 1.64. The van der Waals surface area contributed by atoms with E-state index in [4.69, 9.17) is 4.74 Å². The molecule has 3 aromatic rings. The van der Waals surface area contributed by atoms with Gasteiger partial charge in [-0.2, -0.15) is 13.2 Å². The van der Waals surface area contributed by atoms with Crippen molar-refractivity contribution in [2.24, 2.45) is 0 Å². The summed E-state index contributed by atoms with van der Waals surface area (Å²) in [7, 11) is 0. The van der Waals surface area contributed by atoms with E-state index in [1.807, 2.05) is 6.92 Å². The molecule has 0 bridgehead atoms. The maximum absolute atomic E-state index is 13.0. The van der Waals surface area contributed by atoms with Gasteiger partial charge in [0.25, 0.3) is 0 Å². The predicted octanol–water partition coefficient (Wildman–Crippen LogP) is 5.62. The molecule has 0 radical (unpaired) electrons. The van der Waals surface area contributed by atoms with Crippen molar-refractivity contribution in [2.75, 3.05) is 11.9 Å². The molecule has 8 heteroatoms. The second-order valence-corrected chi connectivity index (χ2v) is 7.13. The lowest BCUT2D eigenvalue weighted by molar-refractivity contribution is -0.137. The number of allylic oxidation sites excluding steroid dienone is 2. The highest BCUT2D eigenvalue weighted by Crippen LogP contribution is 2.32. The lowest BCUT2D eigenvalue weighted by atomic mass is 9.96. The van der Waals surface area contributed by atoms with Gasteiger partial charge in [-0.15, -0.1) is 0 Å². The number of hydrogen-bond donors (Lipinski definition) is 2. The first-order chi connectivity index (χ1) is 16.3. The Morgan fingerprint density at radius 3 is 2.29 bits per heavy atom. The van der Waals surface area contributed by atoms with E-state index in [1.54, 1.807) is 42.5 Å². The van der Waals surface area contributed by atoms with E-state index in [-0.39, 0.29) is 12.4 Å². The molecule has 3 rings (SSSR count). The van der Waals surface area contributed by atoms with Gasteiger partial charge >= 0.3 is 6.18 Å². The number of ether oxygens (including phenoxy) is 1. The minimum atomic E-state index is -4.43. The molecule has 1 aromatic heterocycles. The molecule has 176 valence electrons. The monoisotopic (exact) mass is 468 g/mol. The fraction of sp³-hybridized carbons (Fsp3) is 0.154. The summed E-state index contributed by atoms with van der Waals surface area (Å²) in [6.07, 6.45) is 1.48. The van der Waals surface area contributed by atoms with Crippen LogP contribution in [-0.4, -0.2) is 22.6 Å². The predicted molar refractivity (Wildman–Crippen MR) is 124 cm³/mol. The molecule has 0 saturated carbocycles. The summed E-state index contributed by atoms with van der Waals surface area (Å²) in [4.78, 5) is 16.4. The minimum absolute atomic E-state index is 0.248. The van der Waals surface area contributed by atoms with Crippen molar-refractivity contribution < 1.29 is 27.8 Å². The number of aromatic nitrogens is 1. The Hall–Kier alpha value is -3.91. The van der Waals surface area contributed by atoms with Gasteiger partial charge in [-0.25, -0.2) is 4.98 Å². The fourth-order valence-electron chi connectivity index (χ4n) is 3.16. The van der Waals surface area contributed by atoms with Gasteiger partial charge in [-0.3, -0.25) is 4.79 Å². The number of pyridine rings is 1. The average molecular weight is 468 g/mol. The molecule has 0 atom stereocenters. The van der Waals surface area contributed by atoms with Gasteiger partial charge in [-0.05, 0) is 54.0 Å². The topological polar surface area (TPSA) is 71.5 Å². The number of nitrogens with one attached hydrogen (secondary N) is 1. The van der Waals surface area contributed by atoms with E-state index < -0.39 is 17.6 Å². The Morgan fingerprint density at radius 2 is 1.71 bits per heavy atom. The molecule has 2 aromatic carbocycles. The van der Waals surface area contributed by atoms with Crippen LogP contribution in [0.2, 0.25) is 0 Å². The summed E-state index contributed by atoms with van der Waals surface area (Å²) < 4.78 is 44.4. The first kappa shape index (κ1) is 24.7. The number of rotatable bonds is 8. The van der Waals surface area contributed by atoms with Gasteiger partial charge in [0.1, 0.15) is 11.6 Å². The van der Waals surface area contributed by atoms with Gasteiger partial charge in [0.05, 0.1) is 18.8 Å². The summed E-state index contributed by atoms with van der Waals surface area (Å²) in [5, 5.41) is 11.9. The third-order valence-electron chi connectivity index (χ3n) is 4.81. The second kappa shape index (κ2) is 11.3. The van der Waals surface area contributed by atoms with E-state index in [0.29, 0.717) is 29.1 Å². The number of alkyl halides is 3. The molecule has 2 N–H and O–H groups in total. The summed E-state index contributed by atoms with van der Waals surface area (Å²) >= 11 is 0. The van der Waals surface area contributed by atoms with Crippen molar-refractivity contribution in [1.82, 2.24) is 4.98 Å². The highest BCUT2D eigenvalue weighted by atomic mass is 19.4. The standard InChI is InChI=1S/C26H23F3N2O3/c1-2-34-22-14-10-19(11-15-22)23(18-8-12-21(13-9-18)26(27,28)29)6-3-7-24(33)31-25-20(17-32)5-4-16-30-25/h3-16,32H,2,17H2,1H3,(H,30,31,33)/b7-3+,23-6-. The van der Waals surface area contributed by atoms with E-state index in [2.05, 4.69) is 10.3 Å². The number of aliphatic hydroxyl groups excluding tert-OH is 1. The van der Waals surface area contributed by atoms with Crippen LogP contribution >= 0.6 is 0 Å². The second-order valence-electron chi connectivity index (χ2n) is 7.13. The fourth-order valence-corrected chi connectivity index (χ4v) is 3.16. The maximum Gasteiger partial charge on any atom is 0.416 e. The molecule has 34 heavy (non-hydrogen) atoms. The third-order valence-corrected chi connectivity index (χ3v) is 4.81. The molecule has 0 fully saturated rings. The number of hydrogen-bond acceptors (Lipinski definition) is 4. The van der Waals surface area contributed by atoms with Crippen molar-refractivity contribution in [3.8, 4) is 5.75 Å². The van der Waals surface area contributed by atoms with Gasteiger partial charge in [0.15, 0.2) is 0 Å². The van der Waals surface area contributed by atoms with Crippen LogP contribution < -0.4 is 10.1 Å². The van der Waals surface area contributed by atoms with Crippen LogP contribution in [0.5, 0.6) is 5.75 Å². The molecule has 0 aliphatic carbocycles. The van der Waals surface area contributed by atoms with Crippen molar-refractivity contribution >= 4 is 17.3 Å². The van der Waals surface area contributed by atoms with Crippen LogP contribution in [0.15, 0.2) is 85.1 Å². The molecule has 1 heterocycles. The number of carbonyl (C=O) groups is 1. The number of aliphatic hydroxyl groups is 1. The molecule has 0 aliphatic heterocycles. The molecule has 5 nitrogen and oxygen atoms in total. The van der Waals surface area contributed by atoms with Gasteiger partial charge in [0.2, 0.25) is 5.91 Å². The molecule has 0 spiro atoms. The third kappa shape index (κ3) is 6.55. The molecular weight excluding hydrogens is 445 g/mol. The summed E-state index contributed by atoms with van der Waals surface area (Å²) in [5.74, 6) is 0.448. The zero-order chi connectivity index (χ0) is 24.6. The Bertz CT molecular complexity index is 1170. The summed E-state index contributed by atoms with van der Waals surface area (Å²) in [6.45, 7) is 2.10. The molecule has 0 aliphatic rings. The number of benzene rings is 2. The quantitative estimate of drug-likeness (QED) is 0.333. The number of carbonyl (C=O) groups excluding carboxylic acids is 1. The van der Waals surface area contributed by atoms with Gasteiger partial charge in [0, 0.05) is 17.8 Å². The number of amides is 1. The van der Waals surface area contributed by atoms with Crippen molar-refractivity contribution in [2.45, 2.75) is 19.7 Å². The normalized spacial score (nSPS) is 12.1. The maximum atomic E-state index is 13.0. The zero-order valence-corrected chi connectivity index (χ0v) is 18.3. The zero-order valence-electron chi connectivity index (χ0n) is 18.3. The highest BCUT2D eigenvalue weighted by Gasteiger charge is 2.30. The SMILES string of the molecule is CCOc1ccc(/C(=C\C=C\C(=O)Nc2ncccc2CO)c2ccc(C(F)(F)F)cc2)cc1. The van der Waals surface area contributed by atoms with Crippen LogP contribution in [0.25, 0.3) is 5.57 Å². The molecule has 0 saturated heterocycles. The number of nitrogens with zero attached hydrogens (tertiary/aromatic N) is 1. The minimum Gasteiger partial charge on any atom is -0.494 e. The Balaban J connectivity index is 1.88. The smallest absolute Gasteiger partial charge is 0.416 e. The molecule has 1 amide bonds. The summed E-state index contributed by atoms with van der Waals surface area (Å²) in [6, 6.07) is 15.2. The van der Waals surface area contributed by atoms with E-state index >= 15 is 0 Å². The van der Waals surface area contributed by atoms with Crippen LogP contribution in [-0.2, 0) is 17.6 Å². The van der Waals surface area contributed by atoms with Crippen LogP contribution in [0.3, 0.4) is 0 Å². The lowest BCUT2D eigenvalue weighted by Crippen LogP contribution is -2.11. The van der Waals surface area contributed by atoms with Gasteiger partial charge in [-0.1, -0.05) is 42.5 Å².